The molecule has 35 heavy (non-hydrogen) atoms. The lowest BCUT2D eigenvalue weighted by molar-refractivity contribution is -0.0767. The van der Waals surface area contributed by atoms with Crippen molar-refractivity contribution in [3.63, 3.8) is 0 Å². The highest BCUT2D eigenvalue weighted by Crippen LogP contribution is 2.34. The van der Waals surface area contributed by atoms with Crippen LogP contribution in [-0.4, -0.2) is 38.2 Å². The number of carbonyl (C=O) groups is 1. The zero-order chi connectivity index (χ0) is 24.9. The lowest BCUT2D eigenvalue weighted by Gasteiger charge is -2.15. The molecular weight excluding hydrogens is 471 g/mol. The molecule has 0 radical (unpaired) electrons. The van der Waals surface area contributed by atoms with Crippen LogP contribution in [0.3, 0.4) is 0 Å². The Morgan fingerprint density at radius 2 is 2.06 bits per heavy atom. The summed E-state index contributed by atoms with van der Waals surface area (Å²) in [4.78, 5) is 50.9. The van der Waals surface area contributed by atoms with E-state index in [2.05, 4.69) is 4.98 Å². The predicted octanol–water partition coefficient (Wildman–Crippen LogP) is 3.47. The monoisotopic (exact) mass is 496 g/mol. The maximum atomic E-state index is 14.1. The number of aromatic nitrogens is 3. The quantitative estimate of drug-likeness (QED) is 0.422. The molecule has 4 heterocycles. The molecule has 0 saturated carbocycles. The van der Waals surface area contributed by atoms with Crippen molar-refractivity contribution in [3.8, 4) is 0 Å². The van der Waals surface area contributed by atoms with Gasteiger partial charge in [0.05, 0.1) is 29.6 Å². The zero-order valence-electron chi connectivity index (χ0n) is 19.7. The van der Waals surface area contributed by atoms with Gasteiger partial charge in [0.15, 0.2) is 0 Å². The van der Waals surface area contributed by atoms with Gasteiger partial charge in [-0.15, -0.1) is 11.3 Å². The van der Waals surface area contributed by atoms with Crippen molar-refractivity contribution in [1.29, 1.82) is 0 Å². The summed E-state index contributed by atoms with van der Waals surface area (Å²) in [5.41, 5.74) is 0.712. The molecule has 10 heteroatoms. The van der Waals surface area contributed by atoms with Gasteiger partial charge in [-0.3, -0.25) is 28.5 Å². The molecule has 1 aromatic carbocycles. The molecule has 0 bridgehead atoms. The first-order chi connectivity index (χ1) is 16.8. The number of rotatable bonds is 5. The summed E-state index contributed by atoms with van der Waals surface area (Å²) in [5, 5.41) is 2.14. The van der Waals surface area contributed by atoms with Crippen LogP contribution in [0.25, 0.3) is 21.1 Å². The van der Waals surface area contributed by atoms with Gasteiger partial charge in [-0.05, 0) is 42.2 Å². The number of thiophene rings is 1. The number of hydrogen-bond donors (Lipinski definition) is 0. The van der Waals surface area contributed by atoms with Crippen LogP contribution >= 0.6 is 11.3 Å². The number of fused-ring (bicyclic) bond motifs is 2. The van der Waals surface area contributed by atoms with Crippen molar-refractivity contribution in [2.24, 2.45) is 13.0 Å². The Kier molecular flexibility index (Phi) is 6.02. The van der Waals surface area contributed by atoms with Gasteiger partial charge in [0.2, 0.25) is 0 Å². The SMILES string of the molecule is CC(C)Cn1c(=O)n(C)c(=O)c2c(C(=O)N3CCCO3)c(Cc3ccnc4ccc(F)cc34)sc21. The van der Waals surface area contributed by atoms with Crippen molar-refractivity contribution >= 4 is 38.4 Å². The van der Waals surface area contributed by atoms with Gasteiger partial charge in [0, 0.05) is 36.5 Å². The fourth-order valence-corrected chi connectivity index (χ4v) is 5.79. The van der Waals surface area contributed by atoms with Crippen molar-refractivity contribution in [3.05, 3.63) is 73.1 Å². The lowest BCUT2D eigenvalue weighted by Crippen LogP contribution is -2.39. The Morgan fingerprint density at radius 1 is 1.26 bits per heavy atom. The van der Waals surface area contributed by atoms with Crippen LogP contribution in [0.2, 0.25) is 0 Å². The second kappa shape index (κ2) is 9.01. The van der Waals surface area contributed by atoms with Crippen molar-refractivity contribution < 1.29 is 14.0 Å². The summed E-state index contributed by atoms with van der Waals surface area (Å²) < 4.78 is 16.7. The molecule has 1 aliphatic rings. The molecule has 0 atom stereocenters. The second-order valence-corrected chi connectivity index (χ2v) is 10.2. The molecule has 0 N–H and O–H groups in total. The summed E-state index contributed by atoms with van der Waals surface area (Å²) >= 11 is 1.26. The fraction of sp³-hybridized carbons (Fsp3) is 0.360. The summed E-state index contributed by atoms with van der Waals surface area (Å²) in [6.07, 6.45) is 2.62. The van der Waals surface area contributed by atoms with Gasteiger partial charge in [0.1, 0.15) is 10.6 Å². The molecule has 182 valence electrons. The molecule has 1 aliphatic heterocycles. The Morgan fingerprint density at radius 3 is 2.77 bits per heavy atom. The van der Waals surface area contributed by atoms with Gasteiger partial charge < -0.3 is 0 Å². The molecule has 0 spiro atoms. The summed E-state index contributed by atoms with van der Waals surface area (Å²) in [6.45, 7) is 5.22. The van der Waals surface area contributed by atoms with Gasteiger partial charge >= 0.3 is 5.69 Å². The van der Waals surface area contributed by atoms with Crippen LogP contribution in [0.4, 0.5) is 4.39 Å². The standard InChI is InChI=1S/C25H25FN4O4S/c1-14(2)13-29-24-21(22(31)28(3)25(29)33)20(23(32)30-9-4-10-34-30)19(35-24)11-15-7-8-27-18-6-5-16(26)12-17(15)18/h5-8,12,14H,4,9-11,13H2,1-3H3. The van der Waals surface area contributed by atoms with Crippen LogP contribution in [0.1, 0.15) is 41.1 Å². The summed E-state index contributed by atoms with van der Waals surface area (Å²) in [7, 11) is 1.43. The Balaban J connectivity index is 1.79. The number of halogens is 1. The number of amides is 1. The summed E-state index contributed by atoms with van der Waals surface area (Å²) in [6, 6.07) is 6.17. The number of nitrogens with zero attached hydrogens (tertiary/aromatic N) is 4. The van der Waals surface area contributed by atoms with E-state index in [1.54, 1.807) is 22.9 Å². The van der Waals surface area contributed by atoms with E-state index in [9.17, 15) is 18.8 Å². The number of benzene rings is 1. The molecule has 5 rings (SSSR count). The molecule has 4 aromatic rings. The Hall–Kier alpha value is -3.37. The fourth-order valence-electron chi connectivity index (χ4n) is 4.49. The van der Waals surface area contributed by atoms with Crippen LogP contribution in [0.5, 0.6) is 0 Å². The van der Waals surface area contributed by atoms with Gasteiger partial charge in [-0.1, -0.05) is 13.8 Å². The van der Waals surface area contributed by atoms with Crippen molar-refractivity contribution in [2.45, 2.75) is 33.2 Å². The van der Waals surface area contributed by atoms with Crippen LogP contribution in [0.15, 0.2) is 40.1 Å². The molecule has 0 unspecified atom stereocenters. The minimum absolute atomic E-state index is 0.145. The van der Waals surface area contributed by atoms with E-state index in [1.165, 1.54) is 35.6 Å². The highest BCUT2D eigenvalue weighted by atomic mass is 32.1. The van der Waals surface area contributed by atoms with E-state index in [0.29, 0.717) is 46.7 Å². The van der Waals surface area contributed by atoms with Crippen molar-refractivity contribution in [2.75, 3.05) is 13.2 Å². The first kappa shape index (κ1) is 23.4. The van der Waals surface area contributed by atoms with Crippen LogP contribution < -0.4 is 11.2 Å². The number of hydroxylamine groups is 2. The minimum atomic E-state index is -0.513. The molecule has 1 amide bonds. The first-order valence-electron chi connectivity index (χ1n) is 11.5. The van der Waals surface area contributed by atoms with E-state index in [-0.39, 0.29) is 29.1 Å². The van der Waals surface area contributed by atoms with E-state index < -0.39 is 17.2 Å². The average molecular weight is 497 g/mol. The zero-order valence-corrected chi connectivity index (χ0v) is 20.5. The number of pyridine rings is 1. The highest BCUT2D eigenvalue weighted by molar-refractivity contribution is 7.19. The van der Waals surface area contributed by atoms with Gasteiger partial charge in [-0.2, -0.15) is 0 Å². The molecule has 8 nitrogen and oxygen atoms in total. The van der Waals surface area contributed by atoms with E-state index >= 15 is 0 Å². The van der Waals surface area contributed by atoms with Gasteiger partial charge in [0.25, 0.3) is 11.5 Å². The maximum absolute atomic E-state index is 14.1. The summed E-state index contributed by atoms with van der Waals surface area (Å²) in [5.74, 6) is -0.642. The van der Waals surface area contributed by atoms with E-state index in [1.807, 2.05) is 13.8 Å². The Labute approximate surface area is 204 Å². The van der Waals surface area contributed by atoms with Gasteiger partial charge in [-0.25, -0.2) is 14.2 Å². The smallest absolute Gasteiger partial charge is 0.284 e. The van der Waals surface area contributed by atoms with E-state index in [0.717, 1.165) is 10.1 Å². The topological polar surface area (TPSA) is 86.4 Å². The molecule has 1 fully saturated rings. The average Bonchev–Trinajstić information content (AvgIpc) is 3.49. The van der Waals surface area contributed by atoms with Crippen LogP contribution in [0, 0.1) is 11.7 Å². The molecule has 1 saturated heterocycles. The number of hydrogen-bond acceptors (Lipinski definition) is 6. The largest absolute Gasteiger partial charge is 0.331 e. The second-order valence-electron chi connectivity index (χ2n) is 9.13. The third-order valence-corrected chi connectivity index (χ3v) is 7.34. The molecule has 3 aromatic heterocycles. The third kappa shape index (κ3) is 4.06. The Bertz CT molecular complexity index is 1580. The third-order valence-electron chi connectivity index (χ3n) is 6.13. The lowest BCUT2D eigenvalue weighted by atomic mass is 10.0. The maximum Gasteiger partial charge on any atom is 0.331 e. The predicted molar refractivity (Wildman–Crippen MR) is 132 cm³/mol. The first-order valence-corrected chi connectivity index (χ1v) is 12.3. The highest BCUT2D eigenvalue weighted by Gasteiger charge is 2.31. The van der Waals surface area contributed by atoms with Crippen molar-refractivity contribution in [1.82, 2.24) is 19.2 Å². The molecule has 0 aliphatic carbocycles. The molecular formula is C25H25FN4O4S. The minimum Gasteiger partial charge on any atom is -0.284 e. The van der Waals surface area contributed by atoms with Crippen LogP contribution in [-0.2, 0) is 24.9 Å². The number of carbonyl (C=O) groups excluding carboxylic acids is 1. The normalized spacial score (nSPS) is 14.0. The van der Waals surface area contributed by atoms with E-state index in [4.69, 9.17) is 4.84 Å².